The molecule has 34 heavy (non-hydrogen) atoms. The zero-order valence-corrected chi connectivity index (χ0v) is 19.5. The molecule has 1 fully saturated rings. The molecule has 5 rings (SSSR count). The van der Waals surface area contributed by atoms with Gasteiger partial charge in [0.15, 0.2) is 5.82 Å². The molecule has 1 amide bonds. The van der Waals surface area contributed by atoms with Crippen LogP contribution in [0.2, 0.25) is 0 Å². The van der Waals surface area contributed by atoms with Gasteiger partial charge in [0.25, 0.3) is 11.8 Å². The number of para-hydroxylation sites is 1. The van der Waals surface area contributed by atoms with E-state index in [1.165, 1.54) is 5.69 Å². The predicted molar refractivity (Wildman–Crippen MR) is 128 cm³/mol. The second kappa shape index (κ2) is 8.74. The maximum atomic E-state index is 13.1. The van der Waals surface area contributed by atoms with Gasteiger partial charge in [-0.25, -0.2) is 9.97 Å². The number of anilines is 1. The van der Waals surface area contributed by atoms with Gasteiger partial charge in [-0.3, -0.25) is 9.36 Å². The molecule has 1 saturated heterocycles. The first kappa shape index (κ1) is 21.8. The van der Waals surface area contributed by atoms with Crippen molar-refractivity contribution in [3.63, 3.8) is 0 Å². The fraction of sp³-hybridized carbons (Fsp3) is 0.320. The number of rotatable bonds is 4. The average molecular weight is 458 g/mol. The molecular formula is C25H27N7O2. The van der Waals surface area contributed by atoms with Crippen molar-refractivity contribution >= 4 is 11.6 Å². The molecule has 0 unspecified atom stereocenters. The van der Waals surface area contributed by atoms with Crippen LogP contribution < -0.4 is 4.90 Å². The minimum absolute atomic E-state index is 0.0747. The van der Waals surface area contributed by atoms with Crippen LogP contribution in [-0.2, 0) is 5.41 Å². The molecule has 9 nitrogen and oxygen atoms in total. The van der Waals surface area contributed by atoms with Crippen LogP contribution >= 0.6 is 0 Å². The third kappa shape index (κ3) is 4.41. The van der Waals surface area contributed by atoms with Crippen LogP contribution in [-0.4, -0.2) is 61.7 Å². The first-order chi connectivity index (χ1) is 16.4. The van der Waals surface area contributed by atoms with Crippen molar-refractivity contribution in [1.82, 2.24) is 29.6 Å². The summed E-state index contributed by atoms with van der Waals surface area (Å²) < 4.78 is 7.19. The van der Waals surface area contributed by atoms with Gasteiger partial charge >= 0.3 is 0 Å². The van der Waals surface area contributed by atoms with Crippen molar-refractivity contribution in [2.45, 2.75) is 26.2 Å². The number of hydrogen-bond acceptors (Lipinski definition) is 7. The van der Waals surface area contributed by atoms with E-state index in [1.54, 1.807) is 23.3 Å². The fourth-order valence-corrected chi connectivity index (χ4v) is 3.87. The number of nitrogens with zero attached hydrogens (tertiary/aromatic N) is 7. The Labute approximate surface area is 198 Å². The normalized spacial score (nSPS) is 14.4. The van der Waals surface area contributed by atoms with Gasteiger partial charge in [-0.05, 0) is 24.3 Å². The molecule has 0 saturated carbocycles. The minimum Gasteiger partial charge on any atom is -0.368 e. The molecule has 1 aliphatic rings. The summed E-state index contributed by atoms with van der Waals surface area (Å²) in [6, 6.07) is 13.9. The van der Waals surface area contributed by atoms with Crippen LogP contribution in [0.3, 0.4) is 0 Å². The van der Waals surface area contributed by atoms with Crippen LogP contribution in [0, 0.1) is 0 Å². The van der Waals surface area contributed by atoms with Crippen molar-refractivity contribution in [2.75, 3.05) is 31.1 Å². The van der Waals surface area contributed by atoms with E-state index in [9.17, 15) is 4.79 Å². The molecule has 0 spiro atoms. The fourth-order valence-electron chi connectivity index (χ4n) is 3.87. The maximum absolute atomic E-state index is 13.1. The van der Waals surface area contributed by atoms with E-state index in [2.05, 4.69) is 37.1 Å². The Morgan fingerprint density at radius 1 is 1.00 bits per heavy atom. The summed E-state index contributed by atoms with van der Waals surface area (Å²) >= 11 is 0. The van der Waals surface area contributed by atoms with E-state index in [4.69, 9.17) is 4.52 Å². The summed E-state index contributed by atoms with van der Waals surface area (Å²) in [5.41, 5.74) is 2.13. The van der Waals surface area contributed by atoms with Gasteiger partial charge in [-0.2, -0.15) is 4.98 Å². The first-order valence-electron chi connectivity index (χ1n) is 11.3. The third-order valence-electron chi connectivity index (χ3n) is 5.84. The number of benzene rings is 1. The summed E-state index contributed by atoms with van der Waals surface area (Å²) in [5.74, 6) is 1.62. The van der Waals surface area contributed by atoms with E-state index in [0.29, 0.717) is 36.3 Å². The predicted octanol–water partition coefficient (Wildman–Crippen LogP) is 3.58. The summed E-state index contributed by atoms with van der Waals surface area (Å²) in [6.07, 6.45) is 5.00. The molecule has 3 aromatic heterocycles. The highest BCUT2D eigenvalue weighted by Gasteiger charge is 2.24. The lowest BCUT2D eigenvalue weighted by Crippen LogP contribution is -2.48. The van der Waals surface area contributed by atoms with Crippen LogP contribution in [0.5, 0.6) is 0 Å². The summed E-state index contributed by atoms with van der Waals surface area (Å²) in [5, 5.41) is 4.09. The molecule has 4 heterocycles. The number of amides is 1. The van der Waals surface area contributed by atoms with Crippen LogP contribution in [0.4, 0.5) is 5.69 Å². The molecular weight excluding hydrogens is 430 g/mol. The third-order valence-corrected chi connectivity index (χ3v) is 5.84. The largest absolute Gasteiger partial charge is 0.368 e. The Bertz CT molecular complexity index is 1280. The van der Waals surface area contributed by atoms with E-state index in [0.717, 1.165) is 18.7 Å². The summed E-state index contributed by atoms with van der Waals surface area (Å²) in [7, 11) is 0. The van der Waals surface area contributed by atoms with Crippen LogP contribution in [0.25, 0.3) is 17.3 Å². The highest BCUT2D eigenvalue weighted by atomic mass is 16.5. The molecule has 1 aliphatic heterocycles. The van der Waals surface area contributed by atoms with Gasteiger partial charge < -0.3 is 14.3 Å². The Morgan fingerprint density at radius 3 is 2.47 bits per heavy atom. The average Bonchev–Trinajstić information content (AvgIpc) is 3.55. The van der Waals surface area contributed by atoms with Crippen molar-refractivity contribution in [3.05, 3.63) is 72.7 Å². The molecule has 0 bridgehead atoms. The van der Waals surface area contributed by atoms with Crippen molar-refractivity contribution in [2.24, 2.45) is 0 Å². The van der Waals surface area contributed by atoms with E-state index < -0.39 is 0 Å². The van der Waals surface area contributed by atoms with Gasteiger partial charge in [0.2, 0.25) is 0 Å². The molecule has 0 atom stereocenters. The number of piperazine rings is 1. The van der Waals surface area contributed by atoms with Crippen molar-refractivity contribution in [3.8, 4) is 17.3 Å². The Kier molecular flexibility index (Phi) is 5.61. The molecule has 0 N–H and O–H groups in total. The zero-order chi connectivity index (χ0) is 23.7. The van der Waals surface area contributed by atoms with Gasteiger partial charge in [0.05, 0.1) is 0 Å². The number of aromatic nitrogens is 5. The zero-order valence-electron chi connectivity index (χ0n) is 19.5. The summed E-state index contributed by atoms with van der Waals surface area (Å²) in [4.78, 5) is 30.5. The lowest BCUT2D eigenvalue weighted by molar-refractivity contribution is 0.0741. The van der Waals surface area contributed by atoms with Gasteiger partial charge in [-0.1, -0.05) is 44.1 Å². The molecule has 4 aromatic rings. The number of imidazole rings is 1. The molecule has 174 valence electrons. The Morgan fingerprint density at radius 2 is 1.76 bits per heavy atom. The van der Waals surface area contributed by atoms with Gasteiger partial charge in [0, 0.05) is 55.2 Å². The standard InChI is InChI=1S/C25H27N7O2/c1-25(2,3)24-28-22(34-29-24)18-9-10-26-21(15-18)32-16-20(27-17-32)23(33)31-13-11-30(12-14-31)19-7-5-4-6-8-19/h4-10,15-17H,11-14H2,1-3H3. The highest BCUT2D eigenvalue weighted by Crippen LogP contribution is 2.24. The van der Waals surface area contributed by atoms with Crippen molar-refractivity contribution in [1.29, 1.82) is 0 Å². The molecule has 0 radical (unpaired) electrons. The number of carbonyl (C=O) groups is 1. The van der Waals surface area contributed by atoms with Gasteiger partial charge in [-0.15, -0.1) is 0 Å². The van der Waals surface area contributed by atoms with Crippen molar-refractivity contribution < 1.29 is 9.32 Å². The highest BCUT2D eigenvalue weighted by molar-refractivity contribution is 5.92. The summed E-state index contributed by atoms with van der Waals surface area (Å²) in [6.45, 7) is 8.99. The maximum Gasteiger partial charge on any atom is 0.274 e. The lowest BCUT2D eigenvalue weighted by Gasteiger charge is -2.35. The molecule has 9 heteroatoms. The Balaban J connectivity index is 1.28. The SMILES string of the molecule is CC(C)(C)c1noc(-c2ccnc(-n3cnc(C(=O)N4CCN(c5ccccc5)CC4)c3)c2)n1. The van der Waals surface area contributed by atoms with E-state index in [1.807, 2.05) is 56.0 Å². The van der Waals surface area contributed by atoms with Gasteiger partial charge in [0.1, 0.15) is 17.8 Å². The Hall–Kier alpha value is -4.01. The number of hydrogen-bond donors (Lipinski definition) is 0. The second-order valence-corrected chi connectivity index (χ2v) is 9.36. The minimum atomic E-state index is -0.205. The molecule has 0 aliphatic carbocycles. The lowest BCUT2D eigenvalue weighted by atomic mass is 9.96. The van der Waals surface area contributed by atoms with Crippen LogP contribution in [0.15, 0.2) is 65.7 Å². The van der Waals surface area contributed by atoms with E-state index >= 15 is 0 Å². The van der Waals surface area contributed by atoms with E-state index in [-0.39, 0.29) is 11.3 Å². The smallest absolute Gasteiger partial charge is 0.274 e. The second-order valence-electron chi connectivity index (χ2n) is 9.36. The first-order valence-corrected chi connectivity index (χ1v) is 11.3. The topological polar surface area (TPSA) is 93.2 Å². The number of carbonyl (C=O) groups excluding carboxylic acids is 1. The van der Waals surface area contributed by atoms with Crippen LogP contribution in [0.1, 0.15) is 37.1 Å². The molecule has 1 aromatic carbocycles. The quantitative estimate of drug-likeness (QED) is 0.462. The number of pyridine rings is 1. The monoisotopic (exact) mass is 457 g/mol.